The van der Waals surface area contributed by atoms with Gasteiger partial charge in [0.2, 0.25) is 0 Å². The third-order valence-corrected chi connectivity index (χ3v) is 2.29. The minimum Gasteiger partial charge on any atom is -0.542 e. The van der Waals surface area contributed by atoms with E-state index in [4.69, 9.17) is 0 Å². The number of nitrogens with zero attached hydrogens (tertiary/aromatic N) is 2. The fourth-order valence-electron chi connectivity index (χ4n) is 1.57. The number of rotatable bonds is 2. The average molecular weight is 262 g/mol. The fraction of sp³-hybridized carbons (Fsp3) is 0.0909. The molecule has 2 rings (SSSR count). The molecule has 0 unspecified atom stereocenters. The molecule has 1 heterocycles. The Hall–Kier alpha value is -1.71. The van der Waals surface area contributed by atoms with Crippen LogP contribution in [0, 0.1) is 0 Å². The van der Waals surface area contributed by atoms with E-state index in [1.165, 1.54) is 12.1 Å². The van der Waals surface area contributed by atoms with Crippen LogP contribution in [0.5, 0.6) is 0 Å². The second kappa shape index (κ2) is 5.51. The van der Waals surface area contributed by atoms with Gasteiger partial charge in [0.1, 0.15) is 5.97 Å². The molecule has 0 fully saturated rings. The Balaban J connectivity index is 0.00000180. The van der Waals surface area contributed by atoms with Gasteiger partial charge in [0, 0.05) is 12.4 Å². The van der Waals surface area contributed by atoms with Crippen molar-refractivity contribution < 1.29 is 41.9 Å². The number of alkyl halides is 3. The van der Waals surface area contributed by atoms with Crippen molar-refractivity contribution in [1.82, 2.24) is 9.55 Å². The van der Waals surface area contributed by atoms with Crippen LogP contribution in [0.15, 0.2) is 36.7 Å². The summed E-state index contributed by atoms with van der Waals surface area (Å²) in [6.07, 6.45) is -2.35. The minimum absolute atomic E-state index is 0. The van der Waals surface area contributed by atoms with Crippen LogP contribution in [0.4, 0.5) is 13.2 Å². The van der Waals surface area contributed by atoms with Gasteiger partial charge in [0.15, 0.2) is 5.82 Å². The zero-order valence-electron chi connectivity index (χ0n) is 9.81. The van der Waals surface area contributed by atoms with Crippen LogP contribution in [-0.2, 0) is 6.18 Å². The van der Waals surface area contributed by atoms with Crippen molar-refractivity contribution in [3.8, 4) is 5.69 Å². The van der Waals surface area contributed by atoms with Gasteiger partial charge in [-0.05, 0) is 12.1 Å². The number of aromatic carboxylic acids is 1. The number of carboxylic acids is 1. The zero-order valence-corrected chi connectivity index (χ0v) is 9.81. The number of carbonyl (C=O) groups excluding carboxylic acids is 1. The van der Waals surface area contributed by atoms with Crippen LogP contribution in [0.1, 0.15) is 16.2 Å². The summed E-state index contributed by atoms with van der Waals surface area (Å²) in [6, 6.07) is 4.64. The molecule has 0 atom stereocenters. The van der Waals surface area contributed by atoms with Crippen molar-refractivity contribution in [2.24, 2.45) is 0 Å². The second-order valence-corrected chi connectivity index (χ2v) is 3.42. The minimum atomic E-state index is -4.58. The molecule has 0 aliphatic carbocycles. The number of benzene rings is 1. The van der Waals surface area contributed by atoms with Crippen LogP contribution in [0.2, 0.25) is 0 Å². The van der Waals surface area contributed by atoms with Crippen LogP contribution < -0.4 is 24.0 Å². The van der Waals surface area contributed by atoms with Gasteiger partial charge in [-0.3, -0.25) is 4.57 Å². The molecule has 0 saturated heterocycles. The summed E-state index contributed by atoms with van der Waals surface area (Å²) in [5.41, 5.74) is -1.24. The van der Waals surface area contributed by atoms with Crippen molar-refractivity contribution >= 4 is 5.97 Å². The van der Waals surface area contributed by atoms with Crippen molar-refractivity contribution in [2.75, 3.05) is 0 Å². The molecule has 0 radical (unpaired) electrons. The molecule has 8 heteroatoms. The largest absolute Gasteiger partial charge is 1.00 e. The van der Waals surface area contributed by atoms with E-state index in [-0.39, 0.29) is 24.5 Å². The summed E-state index contributed by atoms with van der Waals surface area (Å²) in [6.45, 7) is 0. The molecule has 1 aromatic heterocycles. The van der Waals surface area contributed by atoms with Crippen LogP contribution >= 0.6 is 0 Å². The third kappa shape index (κ3) is 3.00. The van der Waals surface area contributed by atoms with Gasteiger partial charge in [-0.2, -0.15) is 13.2 Å². The van der Waals surface area contributed by atoms with Gasteiger partial charge in [-0.1, -0.05) is 12.1 Å². The first-order valence-corrected chi connectivity index (χ1v) is 4.82. The Labute approximate surface area is 118 Å². The first-order chi connectivity index (χ1) is 8.41. The Morgan fingerprint density at radius 2 is 1.89 bits per heavy atom. The summed E-state index contributed by atoms with van der Waals surface area (Å²) in [7, 11) is 0. The molecule has 0 aliphatic rings. The monoisotopic (exact) mass is 262 g/mol. The maximum absolute atomic E-state index is 12.8. The molecule has 0 aliphatic heterocycles. The molecule has 0 saturated carbocycles. The summed E-state index contributed by atoms with van der Waals surface area (Å²) >= 11 is 0. The number of carbonyl (C=O) groups is 1. The number of hydrogen-bond acceptors (Lipinski definition) is 3. The number of imidazole rings is 1. The van der Waals surface area contributed by atoms with E-state index in [0.717, 1.165) is 29.1 Å². The van der Waals surface area contributed by atoms with Crippen LogP contribution in [0.25, 0.3) is 5.69 Å². The predicted octanol–water partition coefficient (Wildman–Crippen LogP) is -1.74. The van der Waals surface area contributed by atoms with Gasteiger partial charge in [0.05, 0.1) is 11.3 Å². The summed E-state index contributed by atoms with van der Waals surface area (Å²) < 4.78 is 39.2. The average Bonchev–Trinajstić information content (AvgIpc) is 2.76. The van der Waals surface area contributed by atoms with Crippen molar-refractivity contribution in [1.29, 1.82) is 0 Å². The number of hydrogen-bond donors (Lipinski definition) is 0. The Morgan fingerprint density at radius 1 is 1.26 bits per heavy atom. The fourth-order valence-corrected chi connectivity index (χ4v) is 1.57. The summed E-state index contributed by atoms with van der Waals surface area (Å²) in [5.74, 6) is -2.22. The Bertz CT molecular complexity index is 596. The molecule has 2 aromatic rings. The molecule has 94 valence electrons. The maximum atomic E-state index is 12.8. The van der Waals surface area contributed by atoms with E-state index < -0.39 is 23.5 Å². The molecule has 0 spiro atoms. The van der Waals surface area contributed by atoms with Crippen LogP contribution in [0.3, 0.4) is 0 Å². The van der Waals surface area contributed by atoms with Gasteiger partial charge in [-0.25, -0.2) is 4.98 Å². The van der Waals surface area contributed by atoms with Crippen molar-refractivity contribution in [3.05, 3.63) is 48.0 Å². The summed E-state index contributed by atoms with van der Waals surface area (Å²) in [4.78, 5) is 14.2. The van der Waals surface area contributed by atoms with E-state index in [1.54, 1.807) is 0 Å². The molecule has 0 amide bonds. The predicted molar refractivity (Wildman–Crippen MR) is 52.9 cm³/mol. The number of halogens is 3. The first-order valence-electron chi connectivity index (χ1n) is 4.82. The quantitative estimate of drug-likeness (QED) is 0.604. The molecule has 1 aromatic carbocycles. The zero-order chi connectivity index (χ0) is 13.3. The van der Waals surface area contributed by atoms with Crippen molar-refractivity contribution in [3.63, 3.8) is 0 Å². The third-order valence-electron chi connectivity index (χ3n) is 2.29. The van der Waals surface area contributed by atoms with Crippen molar-refractivity contribution in [2.45, 2.75) is 6.18 Å². The number of aromatic nitrogens is 2. The molecule has 0 N–H and O–H groups in total. The van der Waals surface area contributed by atoms with E-state index in [0.29, 0.717) is 0 Å². The second-order valence-electron chi connectivity index (χ2n) is 3.42. The SMILES string of the molecule is O=C([O-])c1nccn1-c1ccccc1C(F)(F)F.[Li+]. The Kier molecular flexibility index (Phi) is 4.45. The topological polar surface area (TPSA) is 57.9 Å². The Morgan fingerprint density at radius 3 is 2.47 bits per heavy atom. The summed E-state index contributed by atoms with van der Waals surface area (Å²) in [5, 5.41) is 10.7. The molecule has 4 nitrogen and oxygen atoms in total. The van der Waals surface area contributed by atoms with Gasteiger partial charge >= 0.3 is 25.0 Å². The maximum Gasteiger partial charge on any atom is 1.00 e. The normalized spacial score (nSPS) is 10.9. The molecular formula is C11H6F3LiN2O2. The van der Waals surface area contributed by atoms with E-state index in [2.05, 4.69) is 4.98 Å². The van der Waals surface area contributed by atoms with E-state index in [1.807, 2.05) is 0 Å². The molecule has 19 heavy (non-hydrogen) atoms. The van der Waals surface area contributed by atoms with E-state index >= 15 is 0 Å². The standard InChI is InChI=1S/C11H7F3N2O2.Li/c12-11(13,14)7-3-1-2-4-8(7)16-6-5-15-9(16)10(17)18;/h1-6H,(H,17,18);/q;+1/p-1. The number of carboxylic acid groups (broad SMARTS) is 1. The first kappa shape index (κ1) is 15.3. The van der Waals surface area contributed by atoms with Gasteiger partial charge in [0.25, 0.3) is 0 Å². The van der Waals surface area contributed by atoms with Gasteiger partial charge < -0.3 is 9.90 Å². The smallest absolute Gasteiger partial charge is 0.542 e. The molecule has 0 bridgehead atoms. The van der Waals surface area contributed by atoms with E-state index in [9.17, 15) is 23.1 Å². The number of para-hydroxylation sites is 1. The van der Waals surface area contributed by atoms with Gasteiger partial charge in [-0.15, -0.1) is 0 Å². The molecular weight excluding hydrogens is 256 g/mol. The van der Waals surface area contributed by atoms with Crippen LogP contribution in [-0.4, -0.2) is 15.5 Å².